The van der Waals surface area contributed by atoms with Crippen molar-refractivity contribution in [3.05, 3.63) is 36.0 Å². The van der Waals surface area contributed by atoms with Crippen LogP contribution in [0.15, 0.2) is 30.3 Å². The third kappa shape index (κ3) is 2.91. The number of hydrogen-bond donors (Lipinski definition) is 1. The summed E-state index contributed by atoms with van der Waals surface area (Å²) in [6, 6.07) is 10.4. The van der Waals surface area contributed by atoms with Gasteiger partial charge < -0.3 is 10.0 Å². The third-order valence-corrected chi connectivity index (χ3v) is 4.44. The van der Waals surface area contributed by atoms with E-state index >= 15 is 0 Å². The van der Waals surface area contributed by atoms with Gasteiger partial charge in [0.25, 0.3) is 0 Å². The van der Waals surface area contributed by atoms with Crippen LogP contribution in [-0.2, 0) is 11.2 Å². The summed E-state index contributed by atoms with van der Waals surface area (Å²) in [7, 11) is 0. The number of fused-ring (bicyclic) bond motifs is 1. The molecule has 1 aromatic carbocycles. The van der Waals surface area contributed by atoms with Crippen LogP contribution in [0.2, 0.25) is 0 Å². The van der Waals surface area contributed by atoms with Crippen LogP contribution in [0.5, 0.6) is 0 Å². The van der Waals surface area contributed by atoms with E-state index in [1.54, 1.807) is 0 Å². The molecule has 0 saturated carbocycles. The first-order chi connectivity index (χ1) is 10.7. The van der Waals surface area contributed by atoms with Crippen molar-refractivity contribution >= 4 is 22.6 Å². The lowest BCUT2D eigenvalue weighted by Crippen LogP contribution is -2.36. The monoisotopic (exact) mass is 298 g/mol. The van der Waals surface area contributed by atoms with Gasteiger partial charge in [0, 0.05) is 29.9 Å². The average molecular weight is 298 g/mol. The first kappa shape index (κ1) is 14.8. The number of aliphatic carboxylic acids is 1. The van der Waals surface area contributed by atoms with Crippen molar-refractivity contribution in [3.8, 4) is 0 Å². The maximum atomic E-state index is 11.1. The summed E-state index contributed by atoms with van der Waals surface area (Å²) in [6.07, 6.45) is 3.49. The molecule has 1 N–H and O–H groups in total. The van der Waals surface area contributed by atoms with Gasteiger partial charge in [0.1, 0.15) is 0 Å². The Hall–Kier alpha value is -2.10. The number of carboxylic acid groups (broad SMARTS) is 1. The normalized spacial score (nSPS) is 16.1. The van der Waals surface area contributed by atoms with E-state index in [0.717, 1.165) is 55.4 Å². The Morgan fingerprint density at radius 3 is 2.73 bits per heavy atom. The molecule has 1 aliphatic heterocycles. The summed E-state index contributed by atoms with van der Waals surface area (Å²) < 4.78 is 0. The average Bonchev–Trinajstić information content (AvgIpc) is 2.54. The molecule has 1 aromatic heterocycles. The largest absolute Gasteiger partial charge is 0.481 e. The summed E-state index contributed by atoms with van der Waals surface area (Å²) in [4.78, 5) is 18.2. The Kier molecular flexibility index (Phi) is 4.27. The summed E-state index contributed by atoms with van der Waals surface area (Å²) in [5, 5.41) is 10.3. The minimum Gasteiger partial charge on any atom is -0.481 e. The second-order valence-electron chi connectivity index (χ2n) is 6.00. The number of hydrogen-bond acceptors (Lipinski definition) is 3. The second-order valence-corrected chi connectivity index (χ2v) is 6.00. The fourth-order valence-corrected chi connectivity index (χ4v) is 3.22. The standard InChI is InChI=1S/C18H22N2O2/c1-2-5-14-12-17(15-6-3-4-7-16(15)19-14)20-10-8-13(9-11-20)18(21)22/h3-4,6-7,12-13H,2,5,8-11H2,1H3,(H,21,22). The number of aryl methyl sites for hydroxylation is 1. The number of anilines is 1. The van der Waals surface area contributed by atoms with Gasteiger partial charge in [0.2, 0.25) is 0 Å². The minimum atomic E-state index is -0.661. The van der Waals surface area contributed by atoms with Crippen molar-refractivity contribution < 1.29 is 9.90 Å². The molecule has 1 fully saturated rings. The van der Waals surface area contributed by atoms with Gasteiger partial charge in [-0.05, 0) is 31.4 Å². The van der Waals surface area contributed by atoms with Gasteiger partial charge >= 0.3 is 5.97 Å². The van der Waals surface area contributed by atoms with Crippen LogP contribution in [-0.4, -0.2) is 29.1 Å². The van der Waals surface area contributed by atoms with Crippen molar-refractivity contribution in [2.75, 3.05) is 18.0 Å². The van der Waals surface area contributed by atoms with Gasteiger partial charge in [-0.3, -0.25) is 9.78 Å². The molecule has 116 valence electrons. The summed E-state index contributed by atoms with van der Waals surface area (Å²) >= 11 is 0. The van der Waals surface area contributed by atoms with Gasteiger partial charge in [0.05, 0.1) is 11.4 Å². The topological polar surface area (TPSA) is 53.4 Å². The quantitative estimate of drug-likeness (QED) is 0.938. The predicted octanol–water partition coefficient (Wildman–Crippen LogP) is 3.49. The van der Waals surface area contributed by atoms with E-state index < -0.39 is 5.97 Å². The molecule has 4 nitrogen and oxygen atoms in total. The minimum absolute atomic E-state index is 0.195. The highest BCUT2D eigenvalue weighted by molar-refractivity contribution is 5.92. The zero-order chi connectivity index (χ0) is 15.5. The van der Waals surface area contributed by atoms with Crippen molar-refractivity contribution in [1.82, 2.24) is 4.98 Å². The van der Waals surface area contributed by atoms with E-state index in [4.69, 9.17) is 10.1 Å². The highest BCUT2D eigenvalue weighted by Crippen LogP contribution is 2.30. The second kappa shape index (κ2) is 6.34. The molecule has 0 atom stereocenters. The Morgan fingerprint density at radius 1 is 1.32 bits per heavy atom. The predicted molar refractivity (Wildman–Crippen MR) is 88.3 cm³/mol. The first-order valence-electron chi connectivity index (χ1n) is 8.05. The van der Waals surface area contributed by atoms with Gasteiger partial charge in [-0.25, -0.2) is 0 Å². The van der Waals surface area contributed by atoms with Crippen molar-refractivity contribution in [2.45, 2.75) is 32.6 Å². The highest BCUT2D eigenvalue weighted by atomic mass is 16.4. The lowest BCUT2D eigenvalue weighted by molar-refractivity contribution is -0.142. The molecule has 0 radical (unpaired) electrons. The van der Waals surface area contributed by atoms with Crippen LogP contribution in [0, 0.1) is 5.92 Å². The fourth-order valence-electron chi connectivity index (χ4n) is 3.22. The molecule has 0 bridgehead atoms. The molecule has 3 rings (SSSR count). The molecule has 0 unspecified atom stereocenters. The summed E-state index contributed by atoms with van der Waals surface area (Å²) in [5.41, 5.74) is 3.36. The molecule has 4 heteroatoms. The number of piperidine rings is 1. The SMILES string of the molecule is CCCc1cc(N2CCC(C(=O)O)CC2)c2ccccc2n1. The fraction of sp³-hybridized carbons (Fsp3) is 0.444. The number of aromatic nitrogens is 1. The van der Waals surface area contributed by atoms with Crippen LogP contribution < -0.4 is 4.90 Å². The lowest BCUT2D eigenvalue weighted by Gasteiger charge is -2.33. The van der Waals surface area contributed by atoms with E-state index in [2.05, 4.69) is 30.0 Å². The zero-order valence-corrected chi connectivity index (χ0v) is 13.0. The van der Waals surface area contributed by atoms with E-state index in [0.29, 0.717) is 0 Å². The van der Waals surface area contributed by atoms with Gasteiger partial charge in [-0.15, -0.1) is 0 Å². The molecule has 0 aliphatic carbocycles. The van der Waals surface area contributed by atoms with Gasteiger partial charge in [-0.2, -0.15) is 0 Å². The number of pyridine rings is 1. The third-order valence-electron chi connectivity index (χ3n) is 4.44. The molecular weight excluding hydrogens is 276 g/mol. The molecule has 22 heavy (non-hydrogen) atoms. The van der Waals surface area contributed by atoms with E-state index in [9.17, 15) is 4.79 Å². The molecule has 0 amide bonds. The lowest BCUT2D eigenvalue weighted by atomic mass is 9.96. The van der Waals surface area contributed by atoms with E-state index in [-0.39, 0.29) is 5.92 Å². The number of carboxylic acids is 1. The zero-order valence-electron chi connectivity index (χ0n) is 13.0. The number of benzene rings is 1. The van der Waals surface area contributed by atoms with E-state index in [1.807, 2.05) is 12.1 Å². The van der Waals surface area contributed by atoms with Crippen LogP contribution in [0.3, 0.4) is 0 Å². The molecule has 0 spiro atoms. The molecular formula is C18H22N2O2. The molecule has 2 aromatic rings. The van der Waals surface area contributed by atoms with Crippen LogP contribution >= 0.6 is 0 Å². The van der Waals surface area contributed by atoms with Gasteiger partial charge in [0.15, 0.2) is 0 Å². The van der Waals surface area contributed by atoms with Gasteiger partial charge in [-0.1, -0.05) is 31.5 Å². The van der Waals surface area contributed by atoms with Crippen LogP contribution in [0.4, 0.5) is 5.69 Å². The van der Waals surface area contributed by atoms with Crippen molar-refractivity contribution in [2.24, 2.45) is 5.92 Å². The Bertz CT molecular complexity index is 676. The smallest absolute Gasteiger partial charge is 0.306 e. The highest BCUT2D eigenvalue weighted by Gasteiger charge is 2.25. The first-order valence-corrected chi connectivity index (χ1v) is 8.05. The van der Waals surface area contributed by atoms with Crippen LogP contribution in [0.1, 0.15) is 31.9 Å². The van der Waals surface area contributed by atoms with Crippen LogP contribution in [0.25, 0.3) is 10.9 Å². The maximum absolute atomic E-state index is 11.1. The summed E-state index contributed by atoms with van der Waals surface area (Å²) in [6.45, 7) is 3.77. The molecule has 1 aliphatic rings. The summed E-state index contributed by atoms with van der Waals surface area (Å²) in [5.74, 6) is -0.856. The number of nitrogens with zero attached hydrogens (tertiary/aromatic N) is 2. The van der Waals surface area contributed by atoms with Crippen molar-refractivity contribution in [1.29, 1.82) is 0 Å². The Morgan fingerprint density at radius 2 is 2.05 bits per heavy atom. The number of carbonyl (C=O) groups is 1. The Labute approximate surface area is 130 Å². The maximum Gasteiger partial charge on any atom is 0.306 e. The Balaban J connectivity index is 1.94. The van der Waals surface area contributed by atoms with Crippen molar-refractivity contribution in [3.63, 3.8) is 0 Å². The van der Waals surface area contributed by atoms with E-state index in [1.165, 1.54) is 5.69 Å². The molecule has 2 heterocycles. The number of para-hydroxylation sites is 1. The molecule has 1 saturated heterocycles. The number of rotatable bonds is 4.